The number of ether oxygens (including phenoxy) is 1. The van der Waals surface area contributed by atoms with Crippen LogP contribution in [0.3, 0.4) is 0 Å². The molecule has 1 atom stereocenters. The first-order valence-corrected chi connectivity index (χ1v) is 9.24. The van der Waals surface area contributed by atoms with Gasteiger partial charge in [-0.05, 0) is 44.2 Å². The average Bonchev–Trinajstić information content (AvgIpc) is 2.88. The van der Waals surface area contributed by atoms with Crippen LogP contribution in [0.5, 0.6) is 0 Å². The van der Waals surface area contributed by atoms with Crippen molar-refractivity contribution in [2.45, 2.75) is 44.2 Å². The Balaban J connectivity index is 1.46. The maximum absolute atomic E-state index is 12.7. The lowest BCUT2D eigenvalue weighted by Crippen LogP contribution is -2.42. The molecule has 5 nitrogen and oxygen atoms in total. The van der Waals surface area contributed by atoms with Crippen molar-refractivity contribution in [3.8, 4) is 0 Å². The summed E-state index contributed by atoms with van der Waals surface area (Å²) in [5.41, 5.74) is 2.21. The smallest absolute Gasteiger partial charge is 0.329 e. The molecule has 0 radical (unpaired) electrons. The molecule has 4 rings (SSSR count). The second-order valence-corrected chi connectivity index (χ2v) is 7.22. The van der Waals surface area contributed by atoms with E-state index < -0.39 is 0 Å². The minimum Gasteiger partial charge on any atom is -0.377 e. The van der Waals surface area contributed by atoms with Gasteiger partial charge in [0.1, 0.15) is 0 Å². The van der Waals surface area contributed by atoms with Crippen LogP contribution in [0.2, 0.25) is 0 Å². The number of likely N-dealkylation sites (tertiary alicyclic amines) is 1. The van der Waals surface area contributed by atoms with Gasteiger partial charge in [0.05, 0.1) is 17.1 Å². The van der Waals surface area contributed by atoms with Gasteiger partial charge in [0, 0.05) is 39.3 Å². The standard InChI is InChI=1S/C19H27N3O2/c1-20-17-7-2-3-8-18(17)22(19(20)23)15-9-11-21(12-10-15)14-16-6-4-5-13-24-16/h2-3,7-8,15-16H,4-6,9-14H2,1H3. The van der Waals surface area contributed by atoms with E-state index in [1.807, 2.05) is 29.8 Å². The maximum Gasteiger partial charge on any atom is 0.329 e. The molecule has 2 aliphatic rings. The number of aromatic nitrogens is 2. The van der Waals surface area contributed by atoms with Crippen molar-refractivity contribution >= 4 is 11.0 Å². The highest BCUT2D eigenvalue weighted by atomic mass is 16.5. The summed E-state index contributed by atoms with van der Waals surface area (Å²) in [7, 11) is 1.87. The van der Waals surface area contributed by atoms with Crippen LogP contribution in [0.15, 0.2) is 29.1 Å². The highest BCUT2D eigenvalue weighted by molar-refractivity contribution is 5.76. The second kappa shape index (κ2) is 6.73. The summed E-state index contributed by atoms with van der Waals surface area (Å²) in [5.74, 6) is 0. The van der Waals surface area contributed by atoms with Gasteiger partial charge in [0.25, 0.3) is 0 Å². The van der Waals surface area contributed by atoms with Crippen LogP contribution < -0.4 is 5.69 Å². The van der Waals surface area contributed by atoms with E-state index in [2.05, 4.69) is 11.0 Å². The van der Waals surface area contributed by atoms with Gasteiger partial charge in [-0.15, -0.1) is 0 Å². The molecule has 2 fully saturated rings. The lowest BCUT2D eigenvalue weighted by molar-refractivity contribution is -0.0108. The summed E-state index contributed by atoms with van der Waals surface area (Å²) in [6, 6.07) is 8.43. The van der Waals surface area contributed by atoms with Crippen LogP contribution in [-0.2, 0) is 11.8 Å². The first kappa shape index (κ1) is 15.9. The lowest BCUT2D eigenvalue weighted by Gasteiger charge is -2.35. The molecule has 1 aromatic carbocycles. The molecule has 0 amide bonds. The Morgan fingerprint density at radius 2 is 1.83 bits per heavy atom. The van der Waals surface area contributed by atoms with Crippen LogP contribution in [0, 0.1) is 0 Å². The van der Waals surface area contributed by atoms with E-state index >= 15 is 0 Å². The Morgan fingerprint density at radius 3 is 2.54 bits per heavy atom. The molecule has 24 heavy (non-hydrogen) atoms. The monoisotopic (exact) mass is 329 g/mol. The molecular formula is C19H27N3O2. The molecule has 1 unspecified atom stereocenters. The molecule has 0 aliphatic carbocycles. The van der Waals surface area contributed by atoms with Gasteiger partial charge < -0.3 is 9.64 Å². The molecule has 0 bridgehead atoms. The number of benzene rings is 1. The summed E-state index contributed by atoms with van der Waals surface area (Å²) in [6.45, 7) is 4.09. The number of imidazole rings is 1. The van der Waals surface area contributed by atoms with Gasteiger partial charge in [-0.3, -0.25) is 9.13 Å². The van der Waals surface area contributed by atoms with Crippen molar-refractivity contribution in [3.63, 3.8) is 0 Å². The van der Waals surface area contributed by atoms with Crippen molar-refractivity contribution in [1.82, 2.24) is 14.0 Å². The zero-order chi connectivity index (χ0) is 16.5. The van der Waals surface area contributed by atoms with Gasteiger partial charge in [-0.1, -0.05) is 12.1 Å². The molecule has 130 valence electrons. The predicted octanol–water partition coefficient (Wildman–Crippen LogP) is 2.55. The fourth-order valence-electron chi connectivity index (χ4n) is 4.27. The SMILES string of the molecule is Cn1c(=O)n(C2CCN(CC3CCCCO3)CC2)c2ccccc21. The van der Waals surface area contributed by atoms with Crippen LogP contribution in [0.1, 0.15) is 38.1 Å². The number of nitrogens with zero attached hydrogens (tertiary/aromatic N) is 3. The predicted molar refractivity (Wildman–Crippen MR) is 95.5 cm³/mol. The highest BCUT2D eigenvalue weighted by Crippen LogP contribution is 2.26. The third-order valence-corrected chi connectivity index (χ3v) is 5.65. The van der Waals surface area contributed by atoms with E-state index in [-0.39, 0.29) is 5.69 Å². The van der Waals surface area contributed by atoms with Gasteiger partial charge in [0.2, 0.25) is 0 Å². The average molecular weight is 329 g/mol. The van der Waals surface area contributed by atoms with E-state index in [0.717, 1.165) is 50.1 Å². The molecule has 2 saturated heterocycles. The normalized spacial score (nSPS) is 23.8. The quantitative estimate of drug-likeness (QED) is 0.869. The molecule has 2 aliphatic heterocycles. The number of fused-ring (bicyclic) bond motifs is 1. The lowest BCUT2D eigenvalue weighted by atomic mass is 10.0. The molecule has 0 spiro atoms. The zero-order valence-electron chi connectivity index (χ0n) is 14.5. The Hall–Kier alpha value is -1.59. The third kappa shape index (κ3) is 2.91. The van der Waals surface area contributed by atoms with Gasteiger partial charge >= 0.3 is 5.69 Å². The Morgan fingerprint density at radius 1 is 1.08 bits per heavy atom. The summed E-state index contributed by atoms with van der Waals surface area (Å²) in [6.07, 6.45) is 6.20. The molecule has 0 N–H and O–H groups in total. The number of aryl methyl sites for hydroxylation is 1. The Kier molecular flexibility index (Phi) is 4.46. The van der Waals surface area contributed by atoms with Crippen molar-refractivity contribution in [2.24, 2.45) is 7.05 Å². The van der Waals surface area contributed by atoms with E-state index in [1.54, 1.807) is 4.57 Å². The number of para-hydroxylation sites is 2. The number of hydrogen-bond acceptors (Lipinski definition) is 3. The number of piperidine rings is 1. The van der Waals surface area contributed by atoms with Crippen LogP contribution in [-0.4, -0.2) is 46.4 Å². The summed E-state index contributed by atoms with van der Waals surface area (Å²) >= 11 is 0. The zero-order valence-corrected chi connectivity index (χ0v) is 14.5. The molecule has 5 heteroatoms. The summed E-state index contributed by atoms with van der Waals surface area (Å²) in [4.78, 5) is 15.2. The van der Waals surface area contributed by atoms with Crippen molar-refractivity contribution in [3.05, 3.63) is 34.7 Å². The molecule has 0 saturated carbocycles. The minimum atomic E-state index is 0.116. The van der Waals surface area contributed by atoms with Crippen molar-refractivity contribution in [2.75, 3.05) is 26.2 Å². The Bertz CT molecular complexity index is 750. The first-order valence-electron chi connectivity index (χ1n) is 9.24. The molecule has 2 aromatic rings. The van der Waals surface area contributed by atoms with Crippen LogP contribution in [0.4, 0.5) is 0 Å². The first-order chi connectivity index (χ1) is 11.7. The molecular weight excluding hydrogens is 302 g/mol. The van der Waals surface area contributed by atoms with Crippen LogP contribution >= 0.6 is 0 Å². The number of rotatable bonds is 3. The maximum atomic E-state index is 12.7. The largest absolute Gasteiger partial charge is 0.377 e. The molecule has 1 aromatic heterocycles. The highest BCUT2D eigenvalue weighted by Gasteiger charge is 2.26. The van der Waals surface area contributed by atoms with Crippen LogP contribution in [0.25, 0.3) is 11.0 Å². The fourth-order valence-corrected chi connectivity index (χ4v) is 4.27. The van der Waals surface area contributed by atoms with Crippen molar-refractivity contribution in [1.29, 1.82) is 0 Å². The minimum absolute atomic E-state index is 0.116. The van der Waals surface area contributed by atoms with Crippen molar-refractivity contribution < 1.29 is 4.74 Å². The Labute approximate surface area is 142 Å². The third-order valence-electron chi connectivity index (χ3n) is 5.65. The van der Waals surface area contributed by atoms with Gasteiger partial charge in [0.15, 0.2) is 0 Å². The fraction of sp³-hybridized carbons (Fsp3) is 0.632. The summed E-state index contributed by atoms with van der Waals surface area (Å²) in [5, 5.41) is 0. The van der Waals surface area contributed by atoms with Gasteiger partial charge in [-0.25, -0.2) is 4.79 Å². The second-order valence-electron chi connectivity index (χ2n) is 7.22. The van der Waals surface area contributed by atoms with E-state index in [4.69, 9.17) is 4.74 Å². The van der Waals surface area contributed by atoms with E-state index in [0.29, 0.717) is 12.1 Å². The number of hydrogen-bond donors (Lipinski definition) is 0. The van der Waals surface area contributed by atoms with Gasteiger partial charge in [-0.2, -0.15) is 0 Å². The van der Waals surface area contributed by atoms with E-state index in [1.165, 1.54) is 19.3 Å². The summed E-state index contributed by atoms with van der Waals surface area (Å²) < 4.78 is 9.67. The molecule has 3 heterocycles. The topological polar surface area (TPSA) is 39.4 Å². The van der Waals surface area contributed by atoms with E-state index in [9.17, 15) is 4.79 Å².